The van der Waals surface area contributed by atoms with E-state index in [1.807, 2.05) is 60.7 Å². The Balaban J connectivity index is 1.08. The molecule has 0 amide bonds. The molecule has 0 radical (unpaired) electrons. The Morgan fingerprint density at radius 2 is 0.484 bits per heavy atom. The minimum Gasteiger partial charge on any atom is -0.248 e. The molecule has 11 aromatic rings. The van der Waals surface area contributed by atoms with E-state index in [2.05, 4.69) is 191 Å². The molecule has 0 aliphatic rings. The Hall–Kier alpha value is -8.74. The van der Waals surface area contributed by atoms with Gasteiger partial charge in [0.25, 0.3) is 0 Å². The molecule has 0 aliphatic carbocycles. The first-order chi connectivity index (χ1) is 31.7. The maximum absolute atomic E-state index is 5.33. The quantitative estimate of drug-likeness (QED) is 0.138. The lowest BCUT2D eigenvalue weighted by Crippen LogP contribution is -2.03. The molecule has 7 aromatic carbocycles. The Labute approximate surface area is 372 Å². The highest BCUT2D eigenvalue weighted by Crippen LogP contribution is 2.36. The zero-order chi connectivity index (χ0) is 42.7. The van der Waals surface area contributed by atoms with Gasteiger partial charge in [-0.25, -0.2) is 19.3 Å². The fourth-order valence-electron chi connectivity index (χ4n) is 8.21. The summed E-state index contributed by atoms with van der Waals surface area (Å²) in [5.41, 5.74) is 17.1. The van der Waals surface area contributed by atoms with Gasteiger partial charge >= 0.3 is 0 Å². The molecule has 0 bridgehead atoms. The summed E-state index contributed by atoms with van der Waals surface area (Å²) in [4.78, 5) is 10.7. The van der Waals surface area contributed by atoms with Crippen molar-refractivity contribution in [2.75, 3.05) is 0 Å². The van der Waals surface area contributed by atoms with Crippen LogP contribution in [0.1, 0.15) is 0 Å². The molecule has 302 valence electrons. The highest BCUT2D eigenvalue weighted by Gasteiger charge is 2.19. The third-order valence-electron chi connectivity index (χ3n) is 11.4. The SMILES string of the molecule is c1ccc(-c2cc(-n3nc(-c4ccccc4)cc3-c3ccccc3)cc(-c3cccc(-c4cc(-n5nc(-c6ccccc6)cc5-c5ccccc5)cc(-c5ccccc5)n4)c3)n2)cc1. The fraction of sp³-hybridized carbons (Fsp3) is 0. The lowest BCUT2D eigenvalue weighted by molar-refractivity contribution is 0.890. The van der Waals surface area contributed by atoms with Crippen LogP contribution in [0.2, 0.25) is 0 Å². The van der Waals surface area contributed by atoms with Crippen LogP contribution in [0.4, 0.5) is 0 Å². The van der Waals surface area contributed by atoms with Gasteiger partial charge in [0.2, 0.25) is 0 Å². The predicted molar refractivity (Wildman–Crippen MR) is 260 cm³/mol. The van der Waals surface area contributed by atoms with E-state index in [4.69, 9.17) is 20.2 Å². The minimum absolute atomic E-state index is 0.819. The maximum atomic E-state index is 5.33. The van der Waals surface area contributed by atoms with Crippen molar-refractivity contribution in [1.82, 2.24) is 29.5 Å². The van der Waals surface area contributed by atoms with Crippen LogP contribution in [0.25, 0.3) is 101 Å². The maximum Gasteiger partial charge on any atom is 0.0934 e. The van der Waals surface area contributed by atoms with Gasteiger partial charge in [0.1, 0.15) is 0 Å². The molecule has 0 unspecified atom stereocenters. The average Bonchev–Trinajstić information content (AvgIpc) is 4.05. The van der Waals surface area contributed by atoms with Crippen molar-refractivity contribution >= 4 is 0 Å². The zero-order valence-electron chi connectivity index (χ0n) is 34.8. The molecule has 4 aromatic heterocycles. The van der Waals surface area contributed by atoms with E-state index in [1.54, 1.807) is 0 Å². The van der Waals surface area contributed by atoms with Gasteiger partial charge in [-0.1, -0.05) is 200 Å². The van der Waals surface area contributed by atoms with Crippen LogP contribution in [-0.4, -0.2) is 29.5 Å². The Morgan fingerprint density at radius 1 is 0.219 bits per heavy atom. The molecule has 6 nitrogen and oxygen atoms in total. The van der Waals surface area contributed by atoms with E-state index in [0.29, 0.717) is 0 Å². The zero-order valence-corrected chi connectivity index (χ0v) is 34.8. The molecule has 0 spiro atoms. The lowest BCUT2D eigenvalue weighted by atomic mass is 10.0. The molecule has 64 heavy (non-hydrogen) atoms. The molecule has 6 heteroatoms. The number of pyridine rings is 2. The molecule has 0 aliphatic heterocycles. The smallest absolute Gasteiger partial charge is 0.0934 e. The van der Waals surface area contributed by atoms with E-state index in [-0.39, 0.29) is 0 Å². The second-order valence-corrected chi connectivity index (χ2v) is 15.6. The number of aromatic nitrogens is 6. The van der Waals surface area contributed by atoms with Crippen molar-refractivity contribution in [2.45, 2.75) is 0 Å². The van der Waals surface area contributed by atoms with E-state index in [0.717, 1.165) is 101 Å². The molecule has 0 fully saturated rings. The van der Waals surface area contributed by atoms with Crippen molar-refractivity contribution in [3.63, 3.8) is 0 Å². The summed E-state index contributed by atoms with van der Waals surface area (Å²) in [6.07, 6.45) is 0. The van der Waals surface area contributed by atoms with Crippen LogP contribution in [0.15, 0.2) is 243 Å². The van der Waals surface area contributed by atoms with Crippen LogP contribution in [0.3, 0.4) is 0 Å². The van der Waals surface area contributed by atoms with Crippen molar-refractivity contribution in [1.29, 1.82) is 0 Å². The first-order valence-corrected chi connectivity index (χ1v) is 21.4. The van der Waals surface area contributed by atoms with Crippen molar-refractivity contribution in [3.8, 4) is 101 Å². The number of rotatable bonds is 10. The Bertz CT molecular complexity index is 3120. The number of hydrogen-bond donors (Lipinski definition) is 0. The molecular formula is C58H40N6. The van der Waals surface area contributed by atoms with E-state index in [9.17, 15) is 0 Å². The molecule has 11 rings (SSSR count). The summed E-state index contributed by atoms with van der Waals surface area (Å²) in [5.74, 6) is 0. The topological polar surface area (TPSA) is 61.4 Å². The van der Waals surface area contributed by atoms with Crippen molar-refractivity contribution < 1.29 is 0 Å². The summed E-state index contributed by atoms with van der Waals surface area (Å²) in [6, 6.07) is 83.6. The average molecular weight is 821 g/mol. The summed E-state index contributed by atoms with van der Waals surface area (Å²) in [5, 5.41) is 10.5. The van der Waals surface area contributed by atoms with Crippen molar-refractivity contribution in [3.05, 3.63) is 243 Å². The van der Waals surface area contributed by atoms with Crippen LogP contribution in [-0.2, 0) is 0 Å². The molecular weight excluding hydrogens is 781 g/mol. The number of benzene rings is 7. The van der Waals surface area contributed by atoms with Gasteiger partial charge in [0, 0.05) is 44.5 Å². The van der Waals surface area contributed by atoms with Crippen LogP contribution in [0, 0.1) is 0 Å². The molecule has 0 atom stereocenters. The van der Waals surface area contributed by atoms with Gasteiger partial charge < -0.3 is 0 Å². The minimum atomic E-state index is 0.819. The Kier molecular flexibility index (Phi) is 10.1. The lowest BCUT2D eigenvalue weighted by Gasteiger charge is -2.14. The predicted octanol–water partition coefficient (Wildman–Crippen LogP) is 14.2. The monoisotopic (exact) mass is 820 g/mol. The third kappa shape index (κ3) is 7.72. The summed E-state index contributed by atoms with van der Waals surface area (Å²) in [6.45, 7) is 0. The van der Waals surface area contributed by atoms with E-state index < -0.39 is 0 Å². The second kappa shape index (κ2) is 17.0. The van der Waals surface area contributed by atoms with Crippen molar-refractivity contribution in [2.24, 2.45) is 0 Å². The Morgan fingerprint density at radius 3 is 0.812 bits per heavy atom. The second-order valence-electron chi connectivity index (χ2n) is 15.6. The first-order valence-electron chi connectivity index (χ1n) is 21.4. The number of nitrogens with zero attached hydrogens (tertiary/aromatic N) is 6. The van der Waals surface area contributed by atoms with Crippen LogP contribution < -0.4 is 0 Å². The van der Waals surface area contributed by atoms with Gasteiger partial charge in [-0.15, -0.1) is 0 Å². The molecule has 4 heterocycles. The van der Waals surface area contributed by atoms with Crippen LogP contribution in [0.5, 0.6) is 0 Å². The van der Waals surface area contributed by atoms with Crippen LogP contribution >= 0.6 is 0 Å². The van der Waals surface area contributed by atoms with Gasteiger partial charge in [-0.05, 0) is 42.5 Å². The first kappa shape index (κ1) is 38.2. The van der Waals surface area contributed by atoms with Gasteiger partial charge in [0.05, 0.1) is 56.9 Å². The largest absolute Gasteiger partial charge is 0.248 e. The highest BCUT2D eigenvalue weighted by atomic mass is 15.3. The van der Waals surface area contributed by atoms with Gasteiger partial charge in [-0.2, -0.15) is 10.2 Å². The number of hydrogen-bond acceptors (Lipinski definition) is 4. The molecule has 0 saturated heterocycles. The molecule has 0 saturated carbocycles. The third-order valence-corrected chi connectivity index (χ3v) is 11.4. The summed E-state index contributed by atoms with van der Waals surface area (Å²) >= 11 is 0. The standard InChI is InChI=1S/C58H40N6/c1-7-20-41(21-8-1)51-35-49(63-57(45-28-15-5-16-29-45)39-55(61-63)43-24-11-3-12-25-43)37-53(59-51)47-32-19-33-48(34-47)54-38-50(36-52(60-54)42-22-9-2-10-23-42)64-58(46-30-17-6-18-31-46)40-56(62-64)44-26-13-4-14-27-44/h1-40H. The molecule has 0 N–H and O–H groups in total. The van der Waals surface area contributed by atoms with E-state index in [1.165, 1.54) is 0 Å². The normalized spacial score (nSPS) is 11.1. The van der Waals surface area contributed by atoms with E-state index >= 15 is 0 Å². The highest BCUT2D eigenvalue weighted by molar-refractivity contribution is 5.79. The summed E-state index contributed by atoms with van der Waals surface area (Å²) in [7, 11) is 0. The van der Waals surface area contributed by atoms with Gasteiger partial charge in [-0.3, -0.25) is 0 Å². The summed E-state index contributed by atoms with van der Waals surface area (Å²) < 4.78 is 4.10. The van der Waals surface area contributed by atoms with Gasteiger partial charge in [0.15, 0.2) is 0 Å². The fourth-order valence-corrected chi connectivity index (χ4v) is 8.21.